The number of para-hydroxylation sites is 1. The molecule has 1 aromatic carbocycles. The van der Waals surface area contributed by atoms with E-state index in [9.17, 15) is 14.0 Å². The third-order valence-corrected chi connectivity index (χ3v) is 7.37. The number of hydrogen-bond donors (Lipinski definition) is 1. The van der Waals surface area contributed by atoms with Gasteiger partial charge in [-0.2, -0.15) is 5.26 Å². The molecule has 160 valence electrons. The number of aromatic nitrogens is 2. The number of nitrogens with one attached hydrogen (secondary N) is 1. The maximum absolute atomic E-state index is 14.7. The Kier molecular flexibility index (Phi) is 6.39. The van der Waals surface area contributed by atoms with Crippen molar-refractivity contribution >= 4 is 39.2 Å². The first-order chi connectivity index (χ1) is 15.0. The molecule has 4 rings (SSSR count). The molecule has 31 heavy (non-hydrogen) atoms. The van der Waals surface area contributed by atoms with Gasteiger partial charge in [-0.25, -0.2) is 9.37 Å². The zero-order chi connectivity index (χ0) is 22.0. The lowest BCUT2D eigenvalue weighted by atomic mass is 9.89. The van der Waals surface area contributed by atoms with Gasteiger partial charge in [-0.3, -0.25) is 14.2 Å². The molecule has 1 unspecified atom stereocenters. The van der Waals surface area contributed by atoms with Crippen molar-refractivity contribution in [1.82, 2.24) is 14.9 Å². The second-order valence-electron chi connectivity index (χ2n) is 7.57. The Morgan fingerprint density at radius 2 is 2.26 bits per heavy atom. The van der Waals surface area contributed by atoms with Crippen LogP contribution >= 0.6 is 23.1 Å². The summed E-state index contributed by atoms with van der Waals surface area (Å²) in [6.07, 6.45) is 2.97. The minimum Gasteiger partial charge on any atom is -0.354 e. The van der Waals surface area contributed by atoms with Crippen molar-refractivity contribution in [2.45, 2.75) is 37.8 Å². The summed E-state index contributed by atoms with van der Waals surface area (Å²) in [5.41, 5.74) is 0.861. The highest BCUT2D eigenvalue weighted by Crippen LogP contribution is 2.37. The highest BCUT2D eigenvalue weighted by Gasteiger charge is 2.26. The molecule has 1 amide bonds. The summed E-state index contributed by atoms with van der Waals surface area (Å²) < 4.78 is 15.9. The normalized spacial score (nSPS) is 15.5. The fraction of sp³-hybridized carbons (Fsp3) is 0.364. The van der Waals surface area contributed by atoms with Gasteiger partial charge in [0.2, 0.25) is 5.91 Å². The van der Waals surface area contributed by atoms with Crippen LogP contribution in [0, 0.1) is 23.1 Å². The van der Waals surface area contributed by atoms with Gasteiger partial charge in [0.1, 0.15) is 10.6 Å². The predicted octanol–water partition coefficient (Wildman–Crippen LogP) is 3.83. The van der Waals surface area contributed by atoms with Crippen molar-refractivity contribution in [3.8, 4) is 11.8 Å². The van der Waals surface area contributed by atoms with Crippen molar-refractivity contribution in [3.05, 3.63) is 50.9 Å². The van der Waals surface area contributed by atoms with Crippen LogP contribution in [-0.2, 0) is 17.6 Å². The fourth-order valence-electron chi connectivity index (χ4n) is 3.75. The first kappa shape index (κ1) is 21.5. The zero-order valence-electron chi connectivity index (χ0n) is 17.0. The number of thioether (sulfide) groups is 1. The van der Waals surface area contributed by atoms with E-state index in [-0.39, 0.29) is 41.0 Å². The van der Waals surface area contributed by atoms with E-state index in [2.05, 4.69) is 12.2 Å². The van der Waals surface area contributed by atoms with E-state index in [1.807, 2.05) is 6.07 Å². The smallest absolute Gasteiger partial charge is 0.267 e. The van der Waals surface area contributed by atoms with Crippen molar-refractivity contribution < 1.29 is 9.18 Å². The molecule has 6 nitrogen and oxygen atoms in total. The Morgan fingerprint density at radius 1 is 1.45 bits per heavy atom. The summed E-state index contributed by atoms with van der Waals surface area (Å²) in [6.45, 7) is 2.46. The lowest BCUT2D eigenvalue weighted by Gasteiger charge is -2.18. The van der Waals surface area contributed by atoms with Crippen LogP contribution in [0.25, 0.3) is 15.9 Å². The van der Waals surface area contributed by atoms with E-state index >= 15 is 0 Å². The fourth-order valence-corrected chi connectivity index (χ4v) is 6.01. The van der Waals surface area contributed by atoms with Gasteiger partial charge in [0, 0.05) is 11.4 Å². The number of amides is 1. The van der Waals surface area contributed by atoms with Crippen LogP contribution in [0.3, 0.4) is 0 Å². The van der Waals surface area contributed by atoms with Crippen LogP contribution in [0.1, 0.15) is 30.2 Å². The van der Waals surface area contributed by atoms with Crippen molar-refractivity contribution in [3.63, 3.8) is 0 Å². The Bertz CT molecular complexity index is 1240. The van der Waals surface area contributed by atoms with Gasteiger partial charge in [0.05, 0.1) is 29.3 Å². The number of aryl methyl sites for hydroxylation is 1. The number of thiophene rings is 1. The Labute approximate surface area is 187 Å². The number of nitriles is 1. The molecule has 1 atom stereocenters. The molecule has 1 aliphatic carbocycles. The third kappa shape index (κ3) is 4.36. The summed E-state index contributed by atoms with van der Waals surface area (Å²) in [5.74, 6) is -0.224. The summed E-state index contributed by atoms with van der Waals surface area (Å²) in [4.78, 5) is 32.2. The highest BCUT2D eigenvalue weighted by atomic mass is 32.2. The van der Waals surface area contributed by atoms with Crippen LogP contribution < -0.4 is 10.9 Å². The van der Waals surface area contributed by atoms with Crippen molar-refractivity contribution in [2.24, 2.45) is 5.92 Å². The van der Waals surface area contributed by atoms with Gasteiger partial charge < -0.3 is 5.32 Å². The summed E-state index contributed by atoms with van der Waals surface area (Å²) in [5, 5.41) is 12.1. The molecule has 0 bridgehead atoms. The zero-order valence-corrected chi connectivity index (χ0v) is 18.6. The Morgan fingerprint density at radius 3 is 3.03 bits per heavy atom. The van der Waals surface area contributed by atoms with Gasteiger partial charge in [0.25, 0.3) is 5.56 Å². The van der Waals surface area contributed by atoms with Gasteiger partial charge >= 0.3 is 0 Å². The van der Waals surface area contributed by atoms with E-state index in [4.69, 9.17) is 10.2 Å². The van der Waals surface area contributed by atoms with E-state index in [0.29, 0.717) is 16.1 Å². The molecule has 0 saturated carbocycles. The average Bonchev–Trinajstić information content (AvgIpc) is 3.11. The van der Waals surface area contributed by atoms with Gasteiger partial charge in [0.15, 0.2) is 5.16 Å². The number of carbonyl (C=O) groups excluding carboxylic acids is 1. The molecule has 9 heteroatoms. The van der Waals surface area contributed by atoms with Gasteiger partial charge in [-0.15, -0.1) is 11.3 Å². The maximum Gasteiger partial charge on any atom is 0.267 e. The third-order valence-electron chi connectivity index (χ3n) is 5.28. The van der Waals surface area contributed by atoms with Crippen LogP contribution in [-0.4, -0.2) is 27.8 Å². The molecule has 1 aliphatic rings. The first-order valence-electron chi connectivity index (χ1n) is 10.1. The lowest BCUT2D eigenvalue weighted by Crippen LogP contribution is -2.27. The minimum absolute atomic E-state index is 0.0138. The number of fused-ring (bicyclic) bond motifs is 3. The first-order valence-corrected chi connectivity index (χ1v) is 11.9. The molecule has 2 heterocycles. The minimum atomic E-state index is -0.524. The summed E-state index contributed by atoms with van der Waals surface area (Å²) in [6, 6.07) is 8.06. The number of rotatable bonds is 6. The molecular weight excluding hydrogens is 435 g/mol. The van der Waals surface area contributed by atoms with E-state index < -0.39 is 5.82 Å². The molecule has 0 aliphatic heterocycles. The maximum atomic E-state index is 14.7. The summed E-state index contributed by atoms with van der Waals surface area (Å²) in [7, 11) is 0. The second-order valence-corrected chi connectivity index (χ2v) is 9.59. The average molecular weight is 457 g/mol. The molecule has 0 saturated heterocycles. The number of carbonyl (C=O) groups is 1. The number of hydrogen-bond acceptors (Lipinski definition) is 6. The quantitative estimate of drug-likeness (QED) is 0.346. The highest BCUT2D eigenvalue weighted by molar-refractivity contribution is 7.99. The van der Waals surface area contributed by atoms with E-state index in [1.165, 1.54) is 26.8 Å². The van der Waals surface area contributed by atoms with Crippen molar-refractivity contribution in [1.29, 1.82) is 5.26 Å². The SMILES string of the molecule is CC1CCc2c(sc3nc(SCC(=O)NCCC#N)n(-c4ccccc4F)c(=O)c23)C1. The molecule has 0 spiro atoms. The van der Waals surface area contributed by atoms with Crippen LogP contribution in [0.2, 0.25) is 0 Å². The van der Waals surface area contributed by atoms with Crippen LogP contribution in [0.5, 0.6) is 0 Å². The lowest BCUT2D eigenvalue weighted by molar-refractivity contribution is -0.118. The van der Waals surface area contributed by atoms with Gasteiger partial charge in [-0.05, 0) is 42.9 Å². The number of nitrogens with zero attached hydrogens (tertiary/aromatic N) is 3. The second kappa shape index (κ2) is 9.20. The topological polar surface area (TPSA) is 87.8 Å². The van der Waals surface area contributed by atoms with E-state index in [1.54, 1.807) is 18.2 Å². The standard InChI is InChI=1S/C22H21FN4O2S2/c1-13-7-8-14-17(11-13)31-20-19(14)21(29)27(16-6-3-2-5-15(16)23)22(26-20)30-12-18(28)25-10-4-9-24/h2-3,5-6,13H,4,7-8,10-12H2,1H3,(H,25,28). The monoisotopic (exact) mass is 456 g/mol. The molecular formula is C22H21FN4O2S2. The molecule has 1 N–H and O–H groups in total. The van der Waals surface area contributed by atoms with Gasteiger partial charge in [-0.1, -0.05) is 30.8 Å². The summed E-state index contributed by atoms with van der Waals surface area (Å²) >= 11 is 2.61. The van der Waals surface area contributed by atoms with Crippen LogP contribution in [0.15, 0.2) is 34.2 Å². The molecule has 3 aromatic rings. The Balaban J connectivity index is 1.79. The number of benzene rings is 1. The van der Waals surface area contributed by atoms with Crippen LogP contribution in [0.4, 0.5) is 4.39 Å². The number of halogens is 1. The molecule has 2 aromatic heterocycles. The van der Waals surface area contributed by atoms with E-state index in [0.717, 1.165) is 36.6 Å². The predicted molar refractivity (Wildman–Crippen MR) is 120 cm³/mol. The molecule has 0 fully saturated rings. The molecule has 0 radical (unpaired) electrons. The van der Waals surface area contributed by atoms with Crippen molar-refractivity contribution in [2.75, 3.05) is 12.3 Å². The Hall–Kier alpha value is -2.70. The largest absolute Gasteiger partial charge is 0.354 e.